The number of anilines is 2. The molecule has 0 bridgehead atoms. The van der Waals surface area contributed by atoms with E-state index in [1.54, 1.807) is 17.4 Å². The second-order valence-electron chi connectivity index (χ2n) is 6.24. The molecule has 2 aliphatic rings. The lowest BCUT2D eigenvalue weighted by Gasteiger charge is -2.26. The molecule has 3 amide bonds. The monoisotopic (exact) mass is 355 g/mol. The van der Waals surface area contributed by atoms with Crippen molar-refractivity contribution < 1.29 is 14.4 Å². The Bertz CT molecular complexity index is 861. The lowest BCUT2D eigenvalue weighted by atomic mass is 9.99. The van der Waals surface area contributed by atoms with Crippen molar-refractivity contribution >= 4 is 40.4 Å². The third kappa shape index (κ3) is 3.02. The highest BCUT2D eigenvalue weighted by molar-refractivity contribution is 7.07. The number of hydrogen-bond acceptors (Lipinski definition) is 4. The van der Waals surface area contributed by atoms with Crippen LogP contribution in [-0.4, -0.2) is 24.3 Å². The minimum atomic E-state index is -0.695. The average molecular weight is 355 g/mol. The summed E-state index contributed by atoms with van der Waals surface area (Å²) in [6, 6.07) is 5.57. The molecule has 6 nitrogen and oxygen atoms in total. The summed E-state index contributed by atoms with van der Waals surface area (Å²) in [7, 11) is 0. The number of nitrogens with one attached hydrogen (secondary N) is 2. The van der Waals surface area contributed by atoms with E-state index in [0.29, 0.717) is 18.7 Å². The highest BCUT2D eigenvalue weighted by Crippen LogP contribution is 2.38. The second-order valence-corrected chi connectivity index (χ2v) is 7.02. The summed E-state index contributed by atoms with van der Waals surface area (Å²) >= 11 is 1.54. The predicted octanol–water partition coefficient (Wildman–Crippen LogP) is 1.84. The number of amides is 3. The Morgan fingerprint density at radius 1 is 1.20 bits per heavy atom. The van der Waals surface area contributed by atoms with E-state index >= 15 is 0 Å². The van der Waals surface area contributed by atoms with Crippen molar-refractivity contribution in [3.8, 4) is 0 Å². The van der Waals surface area contributed by atoms with E-state index in [9.17, 15) is 14.4 Å². The highest BCUT2D eigenvalue weighted by Gasteiger charge is 2.32. The van der Waals surface area contributed by atoms with Crippen molar-refractivity contribution in [1.29, 1.82) is 0 Å². The van der Waals surface area contributed by atoms with Gasteiger partial charge in [-0.1, -0.05) is 0 Å². The zero-order chi connectivity index (χ0) is 17.4. The quantitative estimate of drug-likeness (QED) is 0.825. The molecule has 2 aromatic rings. The van der Waals surface area contributed by atoms with Gasteiger partial charge in [-0.05, 0) is 58.5 Å². The first kappa shape index (κ1) is 15.8. The molecule has 1 aromatic heterocycles. The van der Waals surface area contributed by atoms with Gasteiger partial charge in [0, 0.05) is 18.8 Å². The zero-order valence-electron chi connectivity index (χ0n) is 13.5. The first-order valence-corrected chi connectivity index (χ1v) is 9.12. The Balaban J connectivity index is 1.46. The Morgan fingerprint density at radius 2 is 2.04 bits per heavy atom. The van der Waals surface area contributed by atoms with Gasteiger partial charge in [0.1, 0.15) is 0 Å². The molecule has 0 saturated heterocycles. The van der Waals surface area contributed by atoms with E-state index in [1.165, 1.54) is 0 Å². The van der Waals surface area contributed by atoms with Gasteiger partial charge in [-0.25, -0.2) is 0 Å². The molecule has 2 N–H and O–H groups in total. The van der Waals surface area contributed by atoms with E-state index in [4.69, 9.17) is 0 Å². The van der Waals surface area contributed by atoms with Gasteiger partial charge < -0.3 is 15.5 Å². The summed E-state index contributed by atoms with van der Waals surface area (Å²) in [5, 5.41) is 9.10. The molecule has 7 heteroatoms. The number of carbonyl (C=O) groups is 3. The normalized spacial score (nSPS) is 15.0. The average Bonchev–Trinajstić information content (AvgIpc) is 3.22. The van der Waals surface area contributed by atoms with E-state index in [0.717, 1.165) is 41.8 Å². The number of nitrogens with zero attached hydrogens (tertiary/aromatic N) is 1. The van der Waals surface area contributed by atoms with Crippen LogP contribution in [0.2, 0.25) is 0 Å². The lowest BCUT2D eigenvalue weighted by Crippen LogP contribution is -2.35. The Morgan fingerprint density at radius 3 is 2.84 bits per heavy atom. The van der Waals surface area contributed by atoms with Crippen molar-refractivity contribution in [3.63, 3.8) is 0 Å². The molecule has 1 aromatic carbocycles. The fourth-order valence-electron chi connectivity index (χ4n) is 3.40. The molecule has 0 spiro atoms. The van der Waals surface area contributed by atoms with Crippen LogP contribution in [0.4, 0.5) is 11.4 Å². The maximum absolute atomic E-state index is 12.1. The van der Waals surface area contributed by atoms with Crippen LogP contribution in [0.25, 0.3) is 0 Å². The third-order valence-corrected chi connectivity index (χ3v) is 5.24. The van der Waals surface area contributed by atoms with Crippen molar-refractivity contribution in [2.45, 2.75) is 25.8 Å². The summed E-state index contributed by atoms with van der Waals surface area (Å²) in [4.78, 5) is 38.0. The number of benzene rings is 1. The summed E-state index contributed by atoms with van der Waals surface area (Å²) in [5.74, 6) is -1.26. The van der Waals surface area contributed by atoms with E-state index < -0.39 is 11.8 Å². The number of aryl methyl sites for hydroxylation is 1. The van der Waals surface area contributed by atoms with Crippen LogP contribution in [0.15, 0.2) is 29.0 Å². The van der Waals surface area contributed by atoms with Crippen LogP contribution >= 0.6 is 11.3 Å². The van der Waals surface area contributed by atoms with Crippen molar-refractivity contribution in [3.05, 3.63) is 45.6 Å². The van der Waals surface area contributed by atoms with Gasteiger partial charge in [0.25, 0.3) is 0 Å². The van der Waals surface area contributed by atoms with E-state index in [2.05, 4.69) is 10.6 Å². The first-order chi connectivity index (χ1) is 12.1. The molecule has 0 atom stereocenters. The topological polar surface area (TPSA) is 78.5 Å². The fourth-order valence-corrected chi connectivity index (χ4v) is 4.06. The molecule has 0 aliphatic carbocycles. The Kier molecular flexibility index (Phi) is 4.01. The van der Waals surface area contributed by atoms with Crippen LogP contribution in [0.3, 0.4) is 0 Å². The maximum Gasteiger partial charge on any atom is 0.313 e. The van der Waals surface area contributed by atoms with Gasteiger partial charge in [-0.3, -0.25) is 14.4 Å². The predicted molar refractivity (Wildman–Crippen MR) is 95.6 cm³/mol. The summed E-state index contributed by atoms with van der Waals surface area (Å²) < 4.78 is 0. The summed E-state index contributed by atoms with van der Waals surface area (Å²) in [6.45, 7) is 1.09. The van der Waals surface area contributed by atoms with Crippen LogP contribution in [0.5, 0.6) is 0 Å². The molecule has 2 aliphatic heterocycles. The van der Waals surface area contributed by atoms with Gasteiger partial charge in [0.05, 0.1) is 12.1 Å². The number of thiophene rings is 1. The second kappa shape index (κ2) is 6.33. The standard InChI is InChI=1S/C18H17N3O3S/c22-15-8-13-7-14(6-12-2-1-4-21(15)16(12)13)20-18(24)17(23)19-9-11-3-5-25-10-11/h3,5-7,10H,1-2,4,8-9H2,(H,19,23)(H,20,24). The minimum Gasteiger partial charge on any atom is -0.344 e. The molecule has 4 rings (SSSR count). The number of hydrogen-bond donors (Lipinski definition) is 2. The minimum absolute atomic E-state index is 0.105. The van der Waals surface area contributed by atoms with Crippen molar-refractivity contribution in [2.24, 2.45) is 0 Å². The molecule has 128 valence electrons. The third-order valence-electron chi connectivity index (χ3n) is 4.51. The van der Waals surface area contributed by atoms with E-state index in [1.807, 2.05) is 27.8 Å². The number of carbonyl (C=O) groups excluding carboxylic acids is 3. The van der Waals surface area contributed by atoms with Gasteiger partial charge in [0.15, 0.2) is 0 Å². The van der Waals surface area contributed by atoms with Crippen molar-refractivity contribution in [1.82, 2.24) is 5.32 Å². The Hall–Kier alpha value is -2.67. The van der Waals surface area contributed by atoms with Crippen LogP contribution in [0.1, 0.15) is 23.1 Å². The SMILES string of the molecule is O=C(NCc1ccsc1)C(=O)Nc1cc2c3c(c1)CC(=O)N3CCC2. The molecular formula is C18H17N3O3S. The first-order valence-electron chi connectivity index (χ1n) is 8.18. The number of rotatable bonds is 3. The Labute approximate surface area is 148 Å². The van der Waals surface area contributed by atoms with Crippen LogP contribution in [0, 0.1) is 0 Å². The lowest BCUT2D eigenvalue weighted by molar-refractivity contribution is -0.136. The molecule has 0 saturated carbocycles. The van der Waals surface area contributed by atoms with E-state index in [-0.39, 0.29) is 5.91 Å². The largest absolute Gasteiger partial charge is 0.344 e. The zero-order valence-corrected chi connectivity index (χ0v) is 14.3. The van der Waals surface area contributed by atoms with Crippen LogP contribution < -0.4 is 15.5 Å². The molecule has 25 heavy (non-hydrogen) atoms. The summed E-state index contributed by atoms with van der Waals surface area (Å²) in [5.41, 5.74) is 4.52. The molecule has 0 unspecified atom stereocenters. The molecule has 3 heterocycles. The molecule has 0 fully saturated rings. The van der Waals surface area contributed by atoms with Crippen LogP contribution in [-0.2, 0) is 33.8 Å². The van der Waals surface area contributed by atoms with Gasteiger partial charge >= 0.3 is 11.8 Å². The smallest absolute Gasteiger partial charge is 0.313 e. The summed E-state index contributed by atoms with van der Waals surface area (Å²) in [6.07, 6.45) is 2.15. The van der Waals surface area contributed by atoms with Gasteiger partial charge in [0.2, 0.25) is 5.91 Å². The van der Waals surface area contributed by atoms with Gasteiger partial charge in [-0.2, -0.15) is 11.3 Å². The van der Waals surface area contributed by atoms with Crippen molar-refractivity contribution in [2.75, 3.05) is 16.8 Å². The highest BCUT2D eigenvalue weighted by atomic mass is 32.1. The fraction of sp³-hybridized carbons (Fsp3) is 0.278. The van der Waals surface area contributed by atoms with Gasteiger partial charge in [-0.15, -0.1) is 0 Å². The maximum atomic E-state index is 12.1. The molecular weight excluding hydrogens is 338 g/mol. The molecule has 0 radical (unpaired) electrons.